The Hall–Kier alpha value is -2.63. The molecule has 0 spiro atoms. The first-order valence-corrected chi connectivity index (χ1v) is 9.04. The van der Waals surface area contributed by atoms with Gasteiger partial charge in [-0.1, -0.05) is 48.5 Å². The Balaban J connectivity index is 1.58. The molecule has 0 saturated carbocycles. The predicted molar refractivity (Wildman–Crippen MR) is 102 cm³/mol. The number of carbonyl (C=O) groups is 1. The lowest BCUT2D eigenvalue weighted by Crippen LogP contribution is -2.48. The van der Waals surface area contributed by atoms with E-state index in [2.05, 4.69) is 39.9 Å². The number of amides is 1. The van der Waals surface area contributed by atoms with Crippen molar-refractivity contribution in [2.45, 2.75) is 12.0 Å². The molecular weight excluding hydrogens is 326 g/mol. The Morgan fingerprint density at radius 1 is 1.15 bits per heavy atom. The van der Waals surface area contributed by atoms with Crippen molar-refractivity contribution in [1.29, 1.82) is 0 Å². The van der Waals surface area contributed by atoms with Gasteiger partial charge in [-0.3, -0.25) is 4.79 Å². The van der Waals surface area contributed by atoms with E-state index in [-0.39, 0.29) is 11.8 Å². The molecule has 5 nitrogen and oxygen atoms in total. The Kier molecular flexibility index (Phi) is 5.00. The lowest BCUT2D eigenvalue weighted by Gasteiger charge is -2.24. The van der Waals surface area contributed by atoms with E-state index in [4.69, 9.17) is 4.74 Å². The van der Waals surface area contributed by atoms with Gasteiger partial charge in [-0.05, 0) is 17.2 Å². The standard InChI is InChI=1S/C21H23N3O2/c25-21(20-14-22-10-11-26-20)24-12-17(15-6-2-1-3-7-15)18-13-23-19-9-5-4-8-16(18)19/h1-9,13,17,20,22-23H,10-12,14H2,(H,24,25). The molecule has 1 aliphatic rings. The van der Waals surface area contributed by atoms with E-state index in [1.165, 1.54) is 16.5 Å². The molecular formula is C21H23N3O2. The molecule has 3 N–H and O–H groups in total. The van der Waals surface area contributed by atoms with Crippen molar-refractivity contribution >= 4 is 16.8 Å². The highest BCUT2D eigenvalue weighted by molar-refractivity contribution is 5.85. The van der Waals surface area contributed by atoms with Gasteiger partial charge in [0.15, 0.2) is 0 Å². The monoisotopic (exact) mass is 349 g/mol. The summed E-state index contributed by atoms with van der Waals surface area (Å²) in [5.74, 6) is 0.0193. The van der Waals surface area contributed by atoms with Crippen molar-refractivity contribution in [3.8, 4) is 0 Å². The Bertz CT molecular complexity index is 869. The quantitative estimate of drug-likeness (QED) is 0.663. The molecule has 2 unspecified atom stereocenters. The highest BCUT2D eigenvalue weighted by Gasteiger charge is 2.24. The molecule has 2 heterocycles. The average molecular weight is 349 g/mol. The topological polar surface area (TPSA) is 66.2 Å². The Morgan fingerprint density at radius 2 is 1.96 bits per heavy atom. The van der Waals surface area contributed by atoms with Gasteiger partial charge in [-0.25, -0.2) is 0 Å². The van der Waals surface area contributed by atoms with Crippen molar-refractivity contribution in [2.75, 3.05) is 26.2 Å². The first-order valence-electron chi connectivity index (χ1n) is 9.04. The summed E-state index contributed by atoms with van der Waals surface area (Å²) in [5.41, 5.74) is 3.48. The maximum absolute atomic E-state index is 12.5. The zero-order valence-corrected chi connectivity index (χ0v) is 14.6. The molecule has 1 amide bonds. The summed E-state index contributed by atoms with van der Waals surface area (Å²) >= 11 is 0. The van der Waals surface area contributed by atoms with Crippen LogP contribution in [0.5, 0.6) is 0 Å². The SMILES string of the molecule is O=C(NCC(c1ccccc1)c1c[nH]c2ccccc12)C1CNCCO1. The molecule has 5 heteroatoms. The number of nitrogens with one attached hydrogen (secondary N) is 3. The molecule has 0 aliphatic carbocycles. The minimum Gasteiger partial charge on any atom is -0.366 e. The fourth-order valence-corrected chi connectivity index (χ4v) is 3.53. The molecule has 0 radical (unpaired) electrons. The molecule has 4 rings (SSSR count). The third kappa shape index (κ3) is 3.49. The van der Waals surface area contributed by atoms with E-state index in [9.17, 15) is 4.79 Å². The van der Waals surface area contributed by atoms with Gasteiger partial charge < -0.3 is 20.4 Å². The van der Waals surface area contributed by atoms with Crippen LogP contribution in [0.4, 0.5) is 0 Å². The highest BCUT2D eigenvalue weighted by atomic mass is 16.5. The van der Waals surface area contributed by atoms with Crippen LogP contribution in [-0.4, -0.2) is 43.2 Å². The summed E-state index contributed by atoms with van der Waals surface area (Å²) in [7, 11) is 0. The van der Waals surface area contributed by atoms with Crippen molar-refractivity contribution in [3.63, 3.8) is 0 Å². The maximum Gasteiger partial charge on any atom is 0.250 e. The lowest BCUT2D eigenvalue weighted by molar-refractivity contribution is -0.134. The summed E-state index contributed by atoms with van der Waals surface area (Å²) < 4.78 is 5.56. The summed E-state index contributed by atoms with van der Waals surface area (Å²) in [6.07, 6.45) is 1.64. The van der Waals surface area contributed by atoms with E-state index in [0.29, 0.717) is 19.7 Å². The molecule has 1 fully saturated rings. The van der Waals surface area contributed by atoms with Crippen LogP contribution < -0.4 is 10.6 Å². The van der Waals surface area contributed by atoms with E-state index in [0.717, 1.165) is 12.1 Å². The number of carbonyl (C=O) groups excluding carboxylic acids is 1. The van der Waals surface area contributed by atoms with Gasteiger partial charge in [0.2, 0.25) is 5.91 Å². The molecule has 26 heavy (non-hydrogen) atoms. The number of rotatable bonds is 5. The fraction of sp³-hybridized carbons (Fsp3) is 0.286. The van der Waals surface area contributed by atoms with Crippen LogP contribution in [0.25, 0.3) is 10.9 Å². The molecule has 1 saturated heterocycles. The van der Waals surface area contributed by atoms with Crippen LogP contribution in [0.1, 0.15) is 17.0 Å². The van der Waals surface area contributed by atoms with Gasteiger partial charge in [0.05, 0.1) is 6.61 Å². The number of ether oxygens (including phenoxy) is 1. The van der Waals surface area contributed by atoms with E-state index >= 15 is 0 Å². The zero-order chi connectivity index (χ0) is 17.8. The number of H-pyrrole nitrogens is 1. The van der Waals surface area contributed by atoms with Gasteiger partial charge in [-0.15, -0.1) is 0 Å². The number of morpholine rings is 1. The van der Waals surface area contributed by atoms with Gasteiger partial charge >= 0.3 is 0 Å². The van der Waals surface area contributed by atoms with Crippen LogP contribution in [0.3, 0.4) is 0 Å². The van der Waals surface area contributed by atoms with E-state index in [1.54, 1.807) is 0 Å². The molecule has 2 atom stereocenters. The zero-order valence-electron chi connectivity index (χ0n) is 14.6. The van der Waals surface area contributed by atoms with Gasteiger partial charge in [0, 0.05) is 42.7 Å². The fourth-order valence-electron chi connectivity index (χ4n) is 3.53. The number of aromatic nitrogens is 1. The summed E-state index contributed by atoms with van der Waals surface area (Å²) in [5, 5.41) is 7.47. The molecule has 3 aromatic rings. The van der Waals surface area contributed by atoms with Crippen LogP contribution >= 0.6 is 0 Å². The van der Waals surface area contributed by atoms with Crippen LogP contribution in [0.2, 0.25) is 0 Å². The van der Waals surface area contributed by atoms with Crippen LogP contribution in [-0.2, 0) is 9.53 Å². The van der Waals surface area contributed by atoms with E-state index < -0.39 is 6.10 Å². The summed E-state index contributed by atoms with van der Waals surface area (Å²) in [6, 6.07) is 18.6. The largest absolute Gasteiger partial charge is 0.366 e. The maximum atomic E-state index is 12.5. The second kappa shape index (κ2) is 7.72. The van der Waals surface area contributed by atoms with Gasteiger partial charge in [0.25, 0.3) is 0 Å². The van der Waals surface area contributed by atoms with Crippen molar-refractivity contribution in [3.05, 3.63) is 71.9 Å². The molecule has 1 aromatic heterocycles. The Labute approximate surface area is 152 Å². The highest BCUT2D eigenvalue weighted by Crippen LogP contribution is 2.30. The average Bonchev–Trinajstić information content (AvgIpc) is 3.14. The number of hydrogen-bond acceptors (Lipinski definition) is 3. The van der Waals surface area contributed by atoms with Crippen molar-refractivity contribution in [2.24, 2.45) is 0 Å². The Morgan fingerprint density at radius 3 is 2.77 bits per heavy atom. The van der Waals surface area contributed by atoms with Gasteiger partial charge in [0.1, 0.15) is 6.10 Å². The lowest BCUT2D eigenvalue weighted by atomic mass is 9.91. The number of hydrogen-bond donors (Lipinski definition) is 3. The van der Waals surface area contributed by atoms with Gasteiger partial charge in [-0.2, -0.15) is 0 Å². The first kappa shape index (κ1) is 16.8. The second-order valence-electron chi connectivity index (χ2n) is 6.56. The minimum atomic E-state index is -0.414. The number of benzene rings is 2. The van der Waals surface area contributed by atoms with Crippen molar-refractivity contribution < 1.29 is 9.53 Å². The third-order valence-electron chi connectivity index (χ3n) is 4.90. The van der Waals surface area contributed by atoms with Crippen LogP contribution in [0.15, 0.2) is 60.8 Å². The van der Waals surface area contributed by atoms with Crippen LogP contribution in [0, 0.1) is 0 Å². The smallest absolute Gasteiger partial charge is 0.250 e. The normalized spacial score (nSPS) is 18.5. The molecule has 0 bridgehead atoms. The first-order chi connectivity index (χ1) is 12.8. The minimum absolute atomic E-state index is 0.0574. The number of aromatic amines is 1. The number of fused-ring (bicyclic) bond motifs is 1. The summed E-state index contributed by atoms with van der Waals surface area (Å²) in [4.78, 5) is 15.8. The second-order valence-corrected chi connectivity index (χ2v) is 6.56. The summed E-state index contributed by atoms with van der Waals surface area (Å²) in [6.45, 7) is 2.47. The number of para-hydroxylation sites is 1. The molecule has 1 aliphatic heterocycles. The predicted octanol–water partition coefficient (Wildman–Crippen LogP) is 2.40. The molecule has 134 valence electrons. The third-order valence-corrected chi connectivity index (χ3v) is 4.90. The van der Waals surface area contributed by atoms with E-state index in [1.807, 2.05) is 36.5 Å². The molecule has 2 aromatic carbocycles. The van der Waals surface area contributed by atoms with Crippen molar-refractivity contribution in [1.82, 2.24) is 15.6 Å².